The number of carbonyl (C=O) groups is 1. The predicted molar refractivity (Wildman–Crippen MR) is 84.5 cm³/mol. The lowest BCUT2D eigenvalue weighted by atomic mass is 9.76. The molecule has 1 aliphatic carbocycles. The van der Waals surface area contributed by atoms with Gasteiger partial charge in [-0.1, -0.05) is 6.92 Å². The first kappa shape index (κ1) is 14.6. The summed E-state index contributed by atoms with van der Waals surface area (Å²) in [7, 11) is 0. The van der Waals surface area contributed by atoms with Crippen molar-refractivity contribution in [2.45, 2.75) is 45.4 Å². The summed E-state index contributed by atoms with van der Waals surface area (Å²) in [6, 6.07) is 2.30. The summed E-state index contributed by atoms with van der Waals surface area (Å²) in [5.74, 6) is 0.0999. The van der Waals surface area contributed by atoms with Crippen LogP contribution in [0.4, 0.5) is 5.00 Å². The van der Waals surface area contributed by atoms with Crippen molar-refractivity contribution in [3.8, 4) is 6.07 Å². The van der Waals surface area contributed by atoms with E-state index in [0.717, 1.165) is 56.6 Å². The molecule has 1 amide bonds. The average molecular weight is 303 g/mol. The maximum absolute atomic E-state index is 12.8. The molecule has 2 heterocycles. The summed E-state index contributed by atoms with van der Waals surface area (Å²) in [6.45, 7) is 3.88. The Balaban J connectivity index is 1.83. The average Bonchev–Trinajstić information content (AvgIpc) is 3.08. The third-order valence-corrected chi connectivity index (χ3v) is 6.19. The number of rotatable bonds is 3. The zero-order valence-electron chi connectivity index (χ0n) is 12.4. The van der Waals surface area contributed by atoms with Gasteiger partial charge in [0.2, 0.25) is 5.91 Å². The van der Waals surface area contributed by atoms with Gasteiger partial charge in [0, 0.05) is 4.88 Å². The van der Waals surface area contributed by atoms with Crippen LogP contribution in [0.2, 0.25) is 0 Å². The minimum atomic E-state index is -0.271. The summed E-state index contributed by atoms with van der Waals surface area (Å²) in [5.41, 5.74) is 1.61. The molecule has 4 nitrogen and oxygen atoms in total. The van der Waals surface area contributed by atoms with Crippen LogP contribution in [0.25, 0.3) is 0 Å². The van der Waals surface area contributed by atoms with Crippen molar-refractivity contribution in [2.75, 3.05) is 18.4 Å². The number of amides is 1. The van der Waals surface area contributed by atoms with Gasteiger partial charge in [0.1, 0.15) is 11.1 Å². The van der Waals surface area contributed by atoms with Gasteiger partial charge in [-0.3, -0.25) is 4.79 Å². The molecule has 2 N–H and O–H groups in total. The second-order valence-corrected chi connectivity index (χ2v) is 7.12. The van der Waals surface area contributed by atoms with Crippen LogP contribution in [-0.2, 0) is 17.6 Å². The topological polar surface area (TPSA) is 64.9 Å². The molecule has 0 saturated carbocycles. The van der Waals surface area contributed by atoms with Crippen molar-refractivity contribution >= 4 is 22.2 Å². The number of anilines is 1. The molecular weight excluding hydrogens is 282 g/mol. The van der Waals surface area contributed by atoms with Gasteiger partial charge in [0.15, 0.2) is 0 Å². The zero-order chi connectivity index (χ0) is 14.9. The van der Waals surface area contributed by atoms with Crippen LogP contribution in [0.5, 0.6) is 0 Å². The van der Waals surface area contributed by atoms with Crippen molar-refractivity contribution in [1.82, 2.24) is 5.32 Å². The number of piperidine rings is 1. The molecule has 0 spiro atoms. The van der Waals surface area contributed by atoms with Crippen molar-refractivity contribution in [1.29, 1.82) is 5.26 Å². The number of thiophene rings is 1. The number of nitrogens with zero attached hydrogens (tertiary/aromatic N) is 1. The minimum absolute atomic E-state index is 0.0999. The summed E-state index contributed by atoms with van der Waals surface area (Å²) >= 11 is 1.60. The standard InChI is InChI=1S/C16H21N3OS/c1-2-16(6-8-18-9-7-16)15(20)19-14-12(10-17)11-4-3-5-13(11)21-14/h18H,2-9H2,1H3,(H,19,20). The highest BCUT2D eigenvalue weighted by molar-refractivity contribution is 7.16. The summed E-state index contributed by atoms with van der Waals surface area (Å²) in [6.07, 6.45) is 5.77. The summed E-state index contributed by atoms with van der Waals surface area (Å²) in [5, 5.41) is 16.6. The molecule has 0 aromatic carbocycles. The van der Waals surface area contributed by atoms with Gasteiger partial charge in [-0.05, 0) is 57.2 Å². The Bertz CT molecular complexity index is 593. The predicted octanol–water partition coefficient (Wildman–Crippen LogP) is 2.83. The maximum atomic E-state index is 12.8. The molecule has 0 radical (unpaired) electrons. The van der Waals surface area contributed by atoms with Crippen molar-refractivity contribution in [2.24, 2.45) is 5.41 Å². The van der Waals surface area contributed by atoms with Crippen LogP contribution in [0, 0.1) is 16.7 Å². The SMILES string of the molecule is CCC1(C(=O)Nc2sc3c(c2C#N)CCC3)CCNCC1. The van der Waals surface area contributed by atoms with Gasteiger partial charge in [-0.2, -0.15) is 5.26 Å². The van der Waals surface area contributed by atoms with Gasteiger partial charge in [-0.25, -0.2) is 0 Å². The first-order valence-electron chi connectivity index (χ1n) is 7.77. The largest absolute Gasteiger partial charge is 0.317 e. The molecule has 5 heteroatoms. The van der Waals surface area contributed by atoms with Gasteiger partial charge >= 0.3 is 0 Å². The summed E-state index contributed by atoms with van der Waals surface area (Å²) in [4.78, 5) is 14.1. The fourth-order valence-corrected chi connectivity index (χ4v) is 4.73. The Morgan fingerprint density at radius 3 is 2.86 bits per heavy atom. The molecule has 1 aromatic heterocycles. The van der Waals surface area contributed by atoms with Crippen molar-refractivity contribution < 1.29 is 4.79 Å². The molecule has 0 unspecified atom stereocenters. The van der Waals surface area contributed by atoms with Gasteiger partial charge in [0.25, 0.3) is 0 Å². The number of fused-ring (bicyclic) bond motifs is 1. The van der Waals surface area contributed by atoms with Gasteiger partial charge in [0.05, 0.1) is 11.0 Å². The molecular formula is C16H21N3OS. The molecule has 1 fully saturated rings. The monoisotopic (exact) mass is 303 g/mol. The van der Waals surface area contributed by atoms with Crippen molar-refractivity contribution in [3.63, 3.8) is 0 Å². The molecule has 112 valence electrons. The second kappa shape index (κ2) is 5.78. The molecule has 2 aliphatic rings. The van der Waals surface area contributed by atoms with Gasteiger partial charge in [-0.15, -0.1) is 11.3 Å². The van der Waals surface area contributed by atoms with Crippen molar-refractivity contribution in [3.05, 3.63) is 16.0 Å². The van der Waals surface area contributed by atoms with E-state index in [1.807, 2.05) is 0 Å². The zero-order valence-corrected chi connectivity index (χ0v) is 13.2. The van der Waals surface area contributed by atoms with Gasteiger partial charge < -0.3 is 10.6 Å². The first-order valence-corrected chi connectivity index (χ1v) is 8.58. The summed E-state index contributed by atoms with van der Waals surface area (Å²) < 4.78 is 0. The highest BCUT2D eigenvalue weighted by atomic mass is 32.1. The fraction of sp³-hybridized carbons (Fsp3) is 0.625. The van der Waals surface area contributed by atoms with E-state index in [9.17, 15) is 10.1 Å². The van der Waals surface area contributed by atoms with E-state index in [0.29, 0.717) is 5.56 Å². The third kappa shape index (κ3) is 2.47. The van der Waals surface area contributed by atoms with Crippen LogP contribution in [-0.4, -0.2) is 19.0 Å². The highest BCUT2D eigenvalue weighted by Crippen LogP contribution is 2.40. The quantitative estimate of drug-likeness (QED) is 0.902. The molecule has 1 saturated heterocycles. The van der Waals surface area contributed by atoms with E-state index in [2.05, 4.69) is 23.6 Å². The Kier molecular flexibility index (Phi) is 4.01. The highest BCUT2D eigenvalue weighted by Gasteiger charge is 2.38. The minimum Gasteiger partial charge on any atom is -0.317 e. The lowest BCUT2D eigenvalue weighted by molar-refractivity contribution is -0.127. The number of hydrogen-bond donors (Lipinski definition) is 2. The van der Waals surface area contributed by atoms with E-state index < -0.39 is 0 Å². The molecule has 21 heavy (non-hydrogen) atoms. The smallest absolute Gasteiger partial charge is 0.231 e. The molecule has 0 atom stereocenters. The first-order chi connectivity index (χ1) is 10.2. The Labute approximate surface area is 129 Å². The number of carbonyl (C=O) groups excluding carboxylic acids is 1. The second-order valence-electron chi connectivity index (χ2n) is 6.01. The maximum Gasteiger partial charge on any atom is 0.231 e. The van der Waals surface area contributed by atoms with Crippen LogP contribution in [0.15, 0.2) is 0 Å². The fourth-order valence-electron chi connectivity index (χ4n) is 3.49. The molecule has 3 rings (SSSR count). The lowest BCUT2D eigenvalue weighted by Crippen LogP contribution is -2.44. The van der Waals surface area contributed by atoms with E-state index in [-0.39, 0.29) is 11.3 Å². The van der Waals surface area contributed by atoms with E-state index >= 15 is 0 Å². The number of hydrogen-bond acceptors (Lipinski definition) is 4. The van der Waals surface area contributed by atoms with E-state index in [1.165, 1.54) is 10.4 Å². The molecule has 1 aliphatic heterocycles. The number of nitrogens with one attached hydrogen (secondary N) is 2. The molecule has 1 aromatic rings. The number of nitriles is 1. The lowest BCUT2D eigenvalue weighted by Gasteiger charge is -2.35. The van der Waals surface area contributed by atoms with E-state index in [4.69, 9.17) is 0 Å². The van der Waals surface area contributed by atoms with Crippen LogP contribution in [0.1, 0.15) is 48.6 Å². The molecule has 0 bridgehead atoms. The van der Waals surface area contributed by atoms with E-state index in [1.54, 1.807) is 11.3 Å². The third-order valence-electron chi connectivity index (χ3n) is 4.98. The number of aryl methyl sites for hydroxylation is 1. The van der Waals surface area contributed by atoms with Crippen LogP contribution in [0.3, 0.4) is 0 Å². The Morgan fingerprint density at radius 2 is 2.19 bits per heavy atom. The Morgan fingerprint density at radius 1 is 1.43 bits per heavy atom. The van der Waals surface area contributed by atoms with Crippen LogP contribution < -0.4 is 10.6 Å². The normalized spacial score (nSPS) is 19.8. The van der Waals surface area contributed by atoms with Crippen LogP contribution >= 0.6 is 11.3 Å². The Hall–Kier alpha value is -1.38.